The van der Waals surface area contributed by atoms with Crippen molar-refractivity contribution in [3.8, 4) is 11.5 Å². The highest BCUT2D eigenvalue weighted by Crippen LogP contribution is 2.36. The van der Waals surface area contributed by atoms with Gasteiger partial charge in [-0.15, -0.1) is 0 Å². The van der Waals surface area contributed by atoms with Gasteiger partial charge in [0.25, 0.3) is 0 Å². The van der Waals surface area contributed by atoms with Crippen LogP contribution in [0.15, 0.2) is 127 Å². The van der Waals surface area contributed by atoms with Crippen LogP contribution in [0.4, 0.5) is 5.69 Å². The number of carboxylic acids is 2. The second kappa shape index (κ2) is 34.0. The van der Waals surface area contributed by atoms with Crippen molar-refractivity contribution in [2.75, 3.05) is 38.6 Å². The molecule has 7 aromatic rings. The highest BCUT2D eigenvalue weighted by atomic mass is 33.3. The highest BCUT2D eigenvalue weighted by molar-refractivity contribution is 8.64. The molecule has 0 spiro atoms. The number of benzene rings is 5. The Morgan fingerprint density at radius 1 is 0.619 bits per heavy atom. The number of aliphatic hydroxyl groups excluding tert-OH is 1. The molecule has 11 nitrogen and oxygen atoms in total. The Morgan fingerprint density at radius 3 is 1.51 bits per heavy atom. The molecule has 18 heteroatoms. The summed E-state index contributed by atoms with van der Waals surface area (Å²) in [4.78, 5) is 29.8. The Morgan fingerprint density at radius 2 is 1.06 bits per heavy atom. The first kappa shape index (κ1) is 56.5. The molecule has 7 rings (SSSR count). The van der Waals surface area contributed by atoms with E-state index in [1.54, 1.807) is 0 Å². The molecule has 0 bridgehead atoms. The fourth-order valence-corrected chi connectivity index (χ4v) is 11.3. The lowest BCUT2D eigenvalue weighted by molar-refractivity contribution is -0.137. The van der Waals surface area contributed by atoms with Crippen molar-refractivity contribution in [3.63, 3.8) is 0 Å². The van der Waals surface area contributed by atoms with E-state index < -0.39 is 11.9 Å². The number of aliphatic carboxylic acids is 2. The van der Waals surface area contributed by atoms with Crippen LogP contribution in [0, 0.1) is 0 Å². The zero-order chi connectivity index (χ0) is 44.1. The molecule has 0 aliphatic rings. The number of rotatable bonds is 14. The van der Waals surface area contributed by atoms with Crippen LogP contribution in [-0.2, 0) is 67.5 Å². The predicted molar refractivity (Wildman–Crippen MR) is 283 cm³/mol. The fourth-order valence-electron chi connectivity index (χ4n) is 5.79. The maximum Gasteiger partial charge on any atom is 0.317 e. The summed E-state index contributed by atoms with van der Waals surface area (Å²) in [5.41, 5.74) is 10.1. The molecule has 2 aromatic heterocycles. The summed E-state index contributed by atoms with van der Waals surface area (Å²) in [7, 11) is 6.63. The number of unbranched alkanes of at least 4 members (excludes halogenated alkanes) is 2. The molecular formula is C45H55N5O6S7. The lowest BCUT2D eigenvalue weighted by Gasteiger charge is -2.13. The number of nitrogens with two attached hydrogens (primary N) is 1. The van der Waals surface area contributed by atoms with Crippen molar-refractivity contribution >= 4 is 133 Å². The van der Waals surface area contributed by atoms with E-state index in [1.165, 1.54) is 35.5 Å². The first-order chi connectivity index (χ1) is 29.9. The first-order valence-corrected chi connectivity index (χ1v) is 25.8. The van der Waals surface area contributed by atoms with Crippen molar-refractivity contribution in [2.45, 2.75) is 39.5 Å². The standard InChI is InChI=1S/C19H13NO.C18H19N3O2.C6H13NO2.CH4O.CH4.S6.H2S/c1-2-8-14(9-3-1)21-19-15-10-4-6-12-17(15)20-18-13-7-5-11-16(18)19;22-17(23)12-19-10-5-11-20-18-13-6-1-3-8-15(13)21-16-9-4-2-7-14(16)18;7-5-3-1-2-4-6(8)9;1-2;;1-3-5-6-4-2;/h1-13H;1-4,6-9,19H,5,10-12H2,(H,20,21)(H,22,23);1-5,7H2,(H,8,9);2H,1H3;1H4;;1H2. The Labute approximate surface area is 397 Å². The Kier molecular flexibility index (Phi) is 30.5. The number of hydrogen-bond acceptors (Lipinski definition) is 11. The molecule has 0 radical (unpaired) electrons. The van der Waals surface area contributed by atoms with Gasteiger partial charge in [0.2, 0.25) is 0 Å². The van der Waals surface area contributed by atoms with E-state index in [2.05, 4.69) is 45.1 Å². The Hall–Kier alpha value is -4.47. The molecule has 5 aromatic carbocycles. The van der Waals surface area contributed by atoms with Gasteiger partial charge in [0.05, 0.1) is 34.3 Å². The quantitative estimate of drug-likeness (QED) is 0.0450. The van der Waals surface area contributed by atoms with Gasteiger partial charge in [-0.25, -0.2) is 9.97 Å². The van der Waals surface area contributed by atoms with Gasteiger partial charge < -0.3 is 36.4 Å². The van der Waals surface area contributed by atoms with Gasteiger partial charge in [0.1, 0.15) is 11.5 Å². The minimum absolute atomic E-state index is 0. The third kappa shape index (κ3) is 20.3. The van der Waals surface area contributed by atoms with E-state index in [4.69, 9.17) is 35.8 Å². The summed E-state index contributed by atoms with van der Waals surface area (Å²) < 4.78 is 6.16. The van der Waals surface area contributed by atoms with Crippen LogP contribution in [0.25, 0.3) is 43.6 Å². The molecule has 0 amide bonds. The van der Waals surface area contributed by atoms with Crippen LogP contribution in [0.2, 0.25) is 0 Å². The topological polar surface area (TPSA) is 180 Å². The summed E-state index contributed by atoms with van der Waals surface area (Å²) in [6.45, 7) is 2.10. The lowest BCUT2D eigenvalue weighted by Crippen LogP contribution is -2.24. The van der Waals surface area contributed by atoms with Crippen LogP contribution in [0.1, 0.15) is 39.5 Å². The van der Waals surface area contributed by atoms with Gasteiger partial charge >= 0.3 is 11.9 Å². The van der Waals surface area contributed by atoms with E-state index in [9.17, 15) is 9.59 Å². The van der Waals surface area contributed by atoms with Crippen molar-refractivity contribution in [1.29, 1.82) is 0 Å². The summed E-state index contributed by atoms with van der Waals surface area (Å²) >= 11 is 9.03. The zero-order valence-electron chi connectivity index (χ0n) is 34.0. The minimum Gasteiger partial charge on any atom is -0.481 e. The summed E-state index contributed by atoms with van der Waals surface area (Å²) in [5.74, 6) is 0.150. The number of aromatic nitrogens is 2. The smallest absolute Gasteiger partial charge is 0.317 e. The third-order valence-corrected chi connectivity index (χ3v) is 15.0. The van der Waals surface area contributed by atoms with Crippen LogP contribution in [-0.4, -0.2) is 70.5 Å². The highest BCUT2D eigenvalue weighted by Gasteiger charge is 2.11. The lowest BCUT2D eigenvalue weighted by atomic mass is 10.1. The molecule has 7 N–H and O–H groups in total. The molecule has 0 aliphatic heterocycles. The van der Waals surface area contributed by atoms with Crippen molar-refractivity contribution in [3.05, 3.63) is 127 Å². The van der Waals surface area contributed by atoms with Gasteiger partial charge in [-0.3, -0.25) is 9.59 Å². The number of para-hydroxylation sites is 5. The number of aliphatic hydroxyl groups is 1. The number of ether oxygens (including phenoxy) is 1. The van der Waals surface area contributed by atoms with E-state index in [0.717, 1.165) is 100 Å². The molecule has 0 unspecified atom stereocenters. The summed E-state index contributed by atoms with van der Waals surface area (Å²) in [6, 6.07) is 42.2. The van der Waals surface area contributed by atoms with E-state index >= 15 is 0 Å². The molecular weight excluding hydrogens is 931 g/mol. The number of nitrogens with one attached hydrogen (secondary N) is 2. The first-order valence-electron chi connectivity index (χ1n) is 19.1. The number of carboxylic acid groups (broad SMARTS) is 2. The van der Waals surface area contributed by atoms with Crippen molar-refractivity contribution in [1.82, 2.24) is 15.3 Å². The Balaban J connectivity index is 0.000000456. The summed E-state index contributed by atoms with van der Waals surface area (Å²) in [5, 5.41) is 34.4. The molecule has 0 aliphatic carbocycles. The molecule has 338 valence electrons. The number of anilines is 1. The van der Waals surface area contributed by atoms with Crippen molar-refractivity contribution in [2.24, 2.45) is 5.73 Å². The average molecular weight is 986 g/mol. The maximum absolute atomic E-state index is 10.5. The minimum atomic E-state index is -0.830. The molecule has 0 atom stereocenters. The predicted octanol–water partition coefficient (Wildman–Crippen LogP) is 8.98. The van der Waals surface area contributed by atoms with Crippen molar-refractivity contribution < 1.29 is 29.6 Å². The Bertz CT molecular complexity index is 2490. The number of fused-ring (bicyclic) bond motifs is 4. The number of nitrogens with zero attached hydrogens (tertiary/aromatic N) is 2. The SMILES string of the molecule is C.CO.NCCCCCC(=O)O.O=C(O)CNCCCNc1c2ccccc2nc2ccccc12.S.S=S=S=S=S=S.c1ccc(Oc2c3ccccc3nc3ccccc23)cc1. The van der Waals surface area contributed by atoms with E-state index in [1.807, 2.05) is 115 Å². The molecule has 63 heavy (non-hydrogen) atoms. The largest absolute Gasteiger partial charge is 0.481 e. The van der Waals surface area contributed by atoms with Crippen LogP contribution in [0.3, 0.4) is 0 Å². The normalized spacial score (nSPS) is 9.63. The van der Waals surface area contributed by atoms with E-state index in [0.29, 0.717) is 13.1 Å². The third-order valence-electron chi connectivity index (χ3n) is 8.38. The molecule has 2 heterocycles. The van der Waals surface area contributed by atoms with Crippen LogP contribution in [0.5, 0.6) is 11.5 Å². The zero-order valence-corrected chi connectivity index (χ0v) is 39.9. The monoisotopic (exact) mass is 985 g/mol. The van der Waals surface area contributed by atoms with Gasteiger partial charge in [0.15, 0.2) is 0 Å². The van der Waals surface area contributed by atoms with Crippen LogP contribution >= 0.6 is 13.5 Å². The second-order valence-electron chi connectivity index (χ2n) is 12.5. The average Bonchev–Trinajstić information content (AvgIpc) is 3.29. The van der Waals surface area contributed by atoms with Gasteiger partial charge in [-0.1, -0.05) is 92.7 Å². The fraction of sp³-hybridized carbons (Fsp3) is 0.244. The van der Waals surface area contributed by atoms with Gasteiger partial charge in [-0.05, 0) is 80.9 Å². The molecule has 0 fully saturated rings. The number of hydrogen-bond donors (Lipinski definition) is 6. The molecule has 0 saturated heterocycles. The molecule has 0 saturated carbocycles. The van der Waals surface area contributed by atoms with Gasteiger partial charge in [-0.2, -0.15) is 13.5 Å². The number of carbonyl (C=O) groups is 2. The van der Waals surface area contributed by atoms with Crippen LogP contribution < -0.4 is 21.1 Å². The number of pyridine rings is 2. The maximum atomic E-state index is 10.5. The van der Waals surface area contributed by atoms with E-state index in [-0.39, 0.29) is 33.9 Å². The van der Waals surface area contributed by atoms with Gasteiger partial charge in [0, 0.05) is 99.5 Å². The summed E-state index contributed by atoms with van der Waals surface area (Å²) in [6.07, 6.45) is 3.75. The second-order valence-corrected chi connectivity index (χ2v) is 19.6.